The minimum Gasteiger partial charge on any atom is -1.00 e. The van der Waals surface area contributed by atoms with E-state index in [9.17, 15) is 4.79 Å². The second-order valence-corrected chi connectivity index (χ2v) is 6.19. The number of methoxy groups -OCH3 is 2. The minimum atomic E-state index is -0.363. The molecule has 0 fully saturated rings. The van der Waals surface area contributed by atoms with Gasteiger partial charge in [-0.15, -0.1) is 5.01 Å². The van der Waals surface area contributed by atoms with Gasteiger partial charge in [-0.25, -0.2) is 0 Å². The number of benzene rings is 1. The molecule has 1 heterocycles. The van der Waals surface area contributed by atoms with Crippen LogP contribution in [0.2, 0.25) is 5.02 Å². The van der Waals surface area contributed by atoms with Crippen LogP contribution in [0.1, 0.15) is 24.0 Å². The van der Waals surface area contributed by atoms with Crippen LogP contribution in [0, 0.1) is 0 Å². The van der Waals surface area contributed by atoms with Crippen molar-refractivity contribution in [1.29, 1.82) is 0 Å². The number of amides is 1. The Balaban J connectivity index is 0.00000364. The van der Waals surface area contributed by atoms with E-state index in [0.717, 1.165) is 16.1 Å². The Hall–Kier alpha value is -1.92. The molecular formula is C20H24Cl2N2O3. The molecule has 146 valence electrons. The molecule has 1 aromatic carbocycles. The highest BCUT2D eigenvalue weighted by atomic mass is 35.5. The molecule has 0 aliphatic carbocycles. The quantitative estimate of drug-likeness (QED) is 0.464. The molecule has 27 heavy (non-hydrogen) atoms. The zero-order valence-corrected chi connectivity index (χ0v) is 17.2. The monoisotopic (exact) mass is 410 g/mol. The lowest BCUT2D eigenvalue weighted by molar-refractivity contribution is -0.680. The van der Waals surface area contributed by atoms with E-state index in [2.05, 4.69) is 0 Å². The lowest BCUT2D eigenvalue weighted by atomic mass is 10.1. The first-order chi connectivity index (χ1) is 12.5. The standard InChI is InChI=1S/C20H24ClN2O3.ClH/c1-22(19(24)10-11-20(25-2)26-3)23-14-12-17(13-15-23)5-4-16-6-8-18(21)9-7-16;/h4-9,12-15,20H,10-11H2,1-3H3;1H/q+1;/p-1. The predicted octanol–water partition coefficient (Wildman–Crippen LogP) is 0.295. The van der Waals surface area contributed by atoms with Gasteiger partial charge in [-0.05, 0) is 23.3 Å². The third-order valence-electron chi connectivity index (χ3n) is 4.00. The predicted molar refractivity (Wildman–Crippen MR) is 103 cm³/mol. The molecule has 0 radical (unpaired) electrons. The van der Waals surface area contributed by atoms with Crippen molar-refractivity contribution in [3.8, 4) is 0 Å². The van der Waals surface area contributed by atoms with Crippen molar-refractivity contribution in [3.05, 3.63) is 64.9 Å². The molecule has 0 saturated heterocycles. The van der Waals surface area contributed by atoms with Crippen molar-refractivity contribution in [2.75, 3.05) is 26.3 Å². The van der Waals surface area contributed by atoms with Crippen molar-refractivity contribution in [1.82, 2.24) is 0 Å². The van der Waals surface area contributed by atoms with Crippen LogP contribution in [-0.4, -0.2) is 33.5 Å². The number of hydrogen-bond acceptors (Lipinski definition) is 3. The van der Waals surface area contributed by atoms with Gasteiger partial charge in [0.1, 0.15) is 0 Å². The Morgan fingerprint density at radius 3 is 2.11 bits per heavy atom. The maximum atomic E-state index is 12.3. The van der Waals surface area contributed by atoms with Gasteiger partial charge in [0.15, 0.2) is 6.29 Å². The number of hydrogen-bond donors (Lipinski definition) is 0. The molecule has 0 bridgehead atoms. The average molecular weight is 411 g/mol. The van der Waals surface area contributed by atoms with Crippen LogP contribution in [-0.2, 0) is 14.3 Å². The van der Waals surface area contributed by atoms with E-state index in [4.69, 9.17) is 21.1 Å². The number of halogens is 2. The van der Waals surface area contributed by atoms with Crippen molar-refractivity contribution >= 4 is 29.7 Å². The van der Waals surface area contributed by atoms with Gasteiger partial charge in [0.2, 0.25) is 12.4 Å². The first kappa shape index (κ1) is 23.1. The van der Waals surface area contributed by atoms with Crippen LogP contribution in [0.5, 0.6) is 0 Å². The lowest BCUT2D eigenvalue weighted by Crippen LogP contribution is -3.00. The van der Waals surface area contributed by atoms with Gasteiger partial charge in [0.25, 0.3) is 5.91 Å². The Bertz CT molecular complexity index is 730. The highest BCUT2D eigenvalue weighted by molar-refractivity contribution is 6.30. The molecule has 0 saturated carbocycles. The molecule has 2 rings (SSSR count). The molecule has 0 spiro atoms. The summed E-state index contributed by atoms with van der Waals surface area (Å²) in [6, 6.07) is 11.5. The van der Waals surface area contributed by atoms with Crippen molar-refractivity contribution in [2.24, 2.45) is 0 Å². The Morgan fingerprint density at radius 1 is 1.07 bits per heavy atom. The van der Waals surface area contributed by atoms with Gasteiger partial charge in [0, 0.05) is 44.2 Å². The highest BCUT2D eigenvalue weighted by Crippen LogP contribution is 2.12. The molecule has 0 atom stereocenters. The topological polar surface area (TPSA) is 42.7 Å². The summed E-state index contributed by atoms with van der Waals surface area (Å²) in [7, 11) is 4.86. The van der Waals surface area contributed by atoms with Crippen LogP contribution in [0.4, 0.5) is 0 Å². The Labute approximate surface area is 171 Å². The molecular weight excluding hydrogens is 387 g/mol. The fourth-order valence-electron chi connectivity index (χ4n) is 2.37. The second kappa shape index (κ2) is 11.7. The molecule has 0 aliphatic rings. The average Bonchev–Trinajstić information content (AvgIpc) is 2.68. The largest absolute Gasteiger partial charge is 1.00 e. The summed E-state index contributed by atoms with van der Waals surface area (Å²) in [5.41, 5.74) is 2.11. The fourth-order valence-corrected chi connectivity index (χ4v) is 2.50. The minimum absolute atomic E-state index is 0. The second-order valence-electron chi connectivity index (χ2n) is 5.75. The van der Waals surface area contributed by atoms with Gasteiger partial charge >= 0.3 is 0 Å². The van der Waals surface area contributed by atoms with E-state index in [1.54, 1.807) is 31.0 Å². The molecule has 1 aromatic heterocycles. The first-order valence-corrected chi connectivity index (χ1v) is 8.68. The number of pyridine rings is 1. The zero-order valence-electron chi connectivity index (χ0n) is 15.6. The maximum Gasteiger partial charge on any atom is 0.277 e. The molecule has 2 aromatic rings. The van der Waals surface area contributed by atoms with Gasteiger partial charge in [-0.2, -0.15) is 0 Å². The lowest BCUT2D eigenvalue weighted by Gasteiger charge is -2.14. The third-order valence-corrected chi connectivity index (χ3v) is 4.26. The van der Waals surface area contributed by atoms with Crippen molar-refractivity contribution in [2.45, 2.75) is 19.1 Å². The van der Waals surface area contributed by atoms with E-state index < -0.39 is 0 Å². The van der Waals surface area contributed by atoms with Crippen LogP contribution in [0.3, 0.4) is 0 Å². The van der Waals surface area contributed by atoms with E-state index in [1.165, 1.54) is 0 Å². The van der Waals surface area contributed by atoms with Crippen molar-refractivity contribution < 1.29 is 31.4 Å². The van der Waals surface area contributed by atoms with E-state index in [0.29, 0.717) is 12.8 Å². The van der Waals surface area contributed by atoms with Gasteiger partial charge < -0.3 is 21.9 Å². The molecule has 1 amide bonds. The Morgan fingerprint density at radius 2 is 1.59 bits per heavy atom. The summed E-state index contributed by atoms with van der Waals surface area (Å²) < 4.78 is 12.0. The Kier molecular flexibility index (Phi) is 10.0. The van der Waals surface area contributed by atoms with Crippen LogP contribution in [0.15, 0.2) is 48.8 Å². The SMILES string of the molecule is COC(CCC(=O)N(C)[n+]1ccc(C=Cc2ccc(Cl)cc2)cc1)OC.[Cl-]. The van der Waals surface area contributed by atoms with E-state index in [1.807, 2.05) is 60.9 Å². The molecule has 0 aliphatic heterocycles. The number of aromatic nitrogens is 1. The summed E-state index contributed by atoms with van der Waals surface area (Å²) in [6.45, 7) is 0. The van der Waals surface area contributed by atoms with Crippen LogP contribution >= 0.6 is 11.6 Å². The summed E-state index contributed by atoms with van der Waals surface area (Å²) in [5, 5.41) is 2.28. The summed E-state index contributed by atoms with van der Waals surface area (Å²) in [6.07, 6.45) is 8.22. The summed E-state index contributed by atoms with van der Waals surface area (Å²) in [4.78, 5) is 12.3. The number of rotatable bonds is 8. The van der Waals surface area contributed by atoms with E-state index in [-0.39, 0.29) is 24.6 Å². The molecule has 7 heteroatoms. The fraction of sp³-hybridized carbons (Fsp3) is 0.300. The summed E-state index contributed by atoms with van der Waals surface area (Å²) >= 11 is 5.88. The zero-order chi connectivity index (χ0) is 18.9. The molecule has 0 unspecified atom stereocenters. The molecule has 0 N–H and O–H groups in total. The highest BCUT2D eigenvalue weighted by Gasteiger charge is 2.18. The maximum absolute atomic E-state index is 12.3. The van der Waals surface area contributed by atoms with E-state index >= 15 is 0 Å². The van der Waals surface area contributed by atoms with Gasteiger partial charge in [-0.1, -0.05) is 40.6 Å². The normalized spacial score (nSPS) is 10.9. The molecule has 5 nitrogen and oxygen atoms in total. The number of carbonyl (C=O) groups excluding carboxylic acids is 1. The van der Waals surface area contributed by atoms with Crippen molar-refractivity contribution in [3.63, 3.8) is 0 Å². The van der Waals surface area contributed by atoms with Crippen LogP contribution < -0.4 is 22.1 Å². The first-order valence-electron chi connectivity index (χ1n) is 8.31. The number of nitrogens with zero attached hydrogens (tertiary/aromatic N) is 2. The number of ether oxygens (including phenoxy) is 2. The number of carbonyl (C=O) groups is 1. The smallest absolute Gasteiger partial charge is 0.277 e. The third kappa shape index (κ3) is 7.31. The summed E-state index contributed by atoms with van der Waals surface area (Å²) in [5.74, 6) is -0.0152. The van der Waals surface area contributed by atoms with Gasteiger partial charge in [-0.3, -0.25) is 4.79 Å². The van der Waals surface area contributed by atoms with Crippen LogP contribution in [0.25, 0.3) is 12.2 Å². The van der Waals surface area contributed by atoms with Gasteiger partial charge in [0.05, 0.1) is 7.05 Å².